The molecule has 3 N–H and O–H groups in total. The molecule has 0 rings (SSSR count). The molecule has 0 atom stereocenters. The number of rotatable bonds is 4. The normalized spacial score (nSPS) is 9.27. The molecule has 0 unspecified atom stereocenters. The topological polar surface area (TPSA) is 112 Å². The SMILES string of the molecule is C=C(C)C(=O)O.O=S(=O)(O)CCCO.[Na]. The van der Waals surface area contributed by atoms with Gasteiger partial charge in [0.1, 0.15) is 0 Å². The van der Waals surface area contributed by atoms with E-state index in [2.05, 4.69) is 6.58 Å². The largest absolute Gasteiger partial charge is 0.478 e. The van der Waals surface area contributed by atoms with Crippen LogP contribution >= 0.6 is 0 Å². The summed E-state index contributed by atoms with van der Waals surface area (Å²) in [6, 6.07) is 0. The van der Waals surface area contributed by atoms with Crippen molar-refractivity contribution in [2.45, 2.75) is 13.3 Å². The van der Waals surface area contributed by atoms with Crippen molar-refractivity contribution in [3.63, 3.8) is 0 Å². The second-order valence-corrected chi connectivity index (χ2v) is 4.02. The summed E-state index contributed by atoms with van der Waals surface area (Å²) < 4.78 is 27.7. The van der Waals surface area contributed by atoms with Crippen molar-refractivity contribution in [2.75, 3.05) is 12.4 Å². The molecule has 85 valence electrons. The predicted molar refractivity (Wildman–Crippen MR) is 56.3 cm³/mol. The molecule has 0 spiro atoms. The van der Waals surface area contributed by atoms with Crippen LogP contribution in [-0.2, 0) is 14.9 Å². The number of hydrogen-bond donors (Lipinski definition) is 3. The van der Waals surface area contributed by atoms with E-state index in [0.29, 0.717) is 0 Å². The third kappa shape index (κ3) is 24.9. The molecule has 0 aliphatic carbocycles. The zero-order valence-corrected chi connectivity index (χ0v) is 11.6. The van der Waals surface area contributed by atoms with Crippen LogP contribution in [0.5, 0.6) is 0 Å². The van der Waals surface area contributed by atoms with Crippen LogP contribution in [0.4, 0.5) is 0 Å². The van der Waals surface area contributed by atoms with E-state index in [-0.39, 0.29) is 53.9 Å². The van der Waals surface area contributed by atoms with Gasteiger partial charge in [0, 0.05) is 41.7 Å². The van der Waals surface area contributed by atoms with E-state index in [9.17, 15) is 13.2 Å². The molecule has 0 amide bonds. The zero-order valence-electron chi connectivity index (χ0n) is 8.80. The molecule has 1 radical (unpaired) electrons. The summed E-state index contributed by atoms with van der Waals surface area (Å²) in [5, 5.41) is 15.9. The number of carbonyl (C=O) groups is 1. The molecular weight excluding hydrogens is 235 g/mol. The molecule has 6 nitrogen and oxygen atoms in total. The Hall–Kier alpha value is 0.0800. The first-order valence-corrected chi connectivity index (χ1v) is 5.26. The fourth-order valence-corrected chi connectivity index (χ4v) is 0.741. The first-order chi connectivity index (χ1) is 6.20. The summed E-state index contributed by atoms with van der Waals surface area (Å²) in [4.78, 5) is 9.60. The number of aliphatic carboxylic acids is 1. The molecule has 0 aliphatic rings. The molecule has 0 fully saturated rings. The Morgan fingerprint density at radius 3 is 1.80 bits per heavy atom. The van der Waals surface area contributed by atoms with Crippen molar-refractivity contribution in [1.29, 1.82) is 0 Å². The molecule has 0 bridgehead atoms. The van der Waals surface area contributed by atoms with Gasteiger partial charge in [-0.1, -0.05) is 6.58 Å². The predicted octanol–water partition coefficient (Wildman–Crippen LogP) is -0.477. The van der Waals surface area contributed by atoms with Crippen LogP contribution in [0.15, 0.2) is 12.2 Å². The van der Waals surface area contributed by atoms with Crippen molar-refractivity contribution in [1.82, 2.24) is 0 Å². The van der Waals surface area contributed by atoms with Gasteiger partial charge in [-0.25, -0.2) is 4.79 Å². The van der Waals surface area contributed by atoms with Gasteiger partial charge in [-0.2, -0.15) is 8.42 Å². The summed E-state index contributed by atoms with van der Waals surface area (Å²) in [7, 11) is -3.85. The molecule has 15 heavy (non-hydrogen) atoms. The van der Waals surface area contributed by atoms with Gasteiger partial charge in [-0.05, 0) is 13.3 Å². The van der Waals surface area contributed by atoms with E-state index in [1.165, 1.54) is 6.92 Å². The minimum absolute atomic E-state index is 0. The van der Waals surface area contributed by atoms with E-state index >= 15 is 0 Å². The third-order valence-corrected chi connectivity index (χ3v) is 1.73. The molecule has 0 aliphatic heterocycles. The first-order valence-electron chi connectivity index (χ1n) is 3.65. The van der Waals surface area contributed by atoms with Gasteiger partial charge in [-0.3, -0.25) is 4.55 Å². The number of hydrogen-bond acceptors (Lipinski definition) is 4. The van der Waals surface area contributed by atoms with Gasteiger partial charge < -0.3 is 10.2 Å². The molecule has 0 saturated carbocycles. The Morgan fingerprint density at radius 1 is 1.40 bits per heavy atom. The summed E-state index contributed by atoms with van der Waals surface area (Å²) in [5.41, 5.74) is 0.176. The molecule has 0 aromatic rings. The molecular formula is C7H14NaO6S. The number of aliphatic hydroxyl groups excluding tert-OH is 1. The minimum Gasteiger partial charge on any atom is -0.478 e. The fraction of sp³-hybridized carbons (Fsp3) is 0.571. The van der Waals surface area contributed by atoms with E-state index in [4.69, 9.17) is 14.8 Å². The van der Waals surface area contributed by atoms with Crippen molar-refractivity contribution in [3.05, 3.63) is 12.2 Å². The second kappa shape index (κ2) is 10.6. The van der Waals surface area contributed by atoms with E-state index in [0.717, 1.165) is 0 Å². The van der Waals surface area contributed by atoms with Gasteiger partial charge in [0.05, 0.1) is 5.75 Å². The van der Waals surface area contributed by atoms with E-state index in [1.54, 1.807) is 0 Å². The Bertz CT molecular complexity index is 272. The summed E-state index contributed by atoms with van der Waals surface area (Å²) in [6.07, 6.45) is 0.0961. The fourth-order valence-electron chi connectivity index (χ4n) is 0.247. The van der Waals surface area contributed by atoms with Gasteiger partial charge in [0.25, 0.3) is 10.1 Å². The van der Waals surface area contributed by atoms with E-state index < -0.39 is 16.1 Å². The van der Waals surface area contributed by atoms with Crippen molar-refractivity contribution in [2.24, 2.45) is 0 Å². The maximum Gasteiger partial charge on any atom is 0.330 e. The van der Waals surface area contributed by atoms with Gasteiger partial charge in [0.15, 0.2) is 0 Å². The van der Waals surface area contributed by atoms with E-state index in [1.807, 2.05) is 0 Å². The van der Waals surface area contributed by atoms with Crippen molar-refractivity contribution >= 4 is 45.6 Å². The Kier molecular flexibility index (Phi) is 14.5. The number of aliphatic hydroxyl groups is 1. The maximum atomic E-state index is 9.83. The summed E-state index contributed by atoms with van der Waals surface area (Å²) >= 11 is 0. The standard InChI is InChI=1S/C4H6O2.C3H8O4S.Na/c1-3(2)4(5)6;4-2-1-3-8(5,6)7;/h1H2,2H3,(H,5,6);4H,1-3H2,(H,5,6,7);. The zero-order chi connectivity index (χ0) is 11.8. The van der Waals surface area contributed by atoms with Crippen LogP contribution < -0.4 is 0 Å². The molecule has 0 aromatic heterocycles. The Balaban J connectivity index is -0.000000187. The quantitative estimate of drug-likeness (QED) is 0.352. The third-order valence-electron chi connectivity index (χ3n) is 0.925. The average molecular weight is 249 g/mol. The van der Waals surface area contributed by atoms with Crippen LogP contribution in [0.1, 0.15) is 13.3 Å². The van der Waals surface area contributed by atoms with Gasteiger partial charge in [-0.15, -0.1) is 0 Å². The van der Waals surface area contributed by atoms with Crippen molar-refractivity contribution < 1.29 is 28.0 Å². The molecule has 0 saturated heterocycles. The van der Waals surface area contributed by atoms with Gasteiger partial charge >= 0.3 is 5.97 Å². The summed E-state index contributed by atoms with van der Waals surface area (Å²) in [6.45, 7) is 4.39. The number of carboxylic acids is 1. The van der Waals surface area contributed by atoms with Crippen molar-refractivity contribution in [3.8, 4) is 0 Å². The van der Waals surface area contributed by atoms with Crippen LogP contribution in [0.25, 0.3) is 0 Å². The van der Waals surface area contributed by atoms with Crippen LogP contribution in [0, 0.1) is 0 Å². The van der Waals surface area contributed by atoms with Crippen LogP contribution in [-0.4, -0.2) is 71.1 Å². The van der Waals surface area contributed by atoms with Gasteiger partial charge in [0.2, 0.25) is 0 Å². The molecule has 0 heterocycles. The minimum atomic E-state index is -3.85. The first kappa shape index (κ1) is 20.5. The maximum absolute atomic E-state index is 9.83. The summed E-state index contributed by atoms with van der Waals surface area (Å²) in [5.74, 6) is -1.29. The van der Waals surface area contributed by atoms with Crippen LogP contribution in [0.2, 0.25) is 0 Å². The monoisotopic (exact) mass is 249 g/mol. The molecule has 0 aromatic carbocycles. The second-order valence-electron chi connectivity index (χ2n) is 2.45. The smallest absolute Gasteiger partial charge is 0.330 e. The number of carboxylic acid groups (broad SMARTS) is 1. The Labute approximate surface area is 111 Å². The van der Waals surface area contributed by atoms with Crippen LogP contribution in [0.3, 0.4) is 0 Å². The average Bonchev–Trinajstić information content (AvgIpc) is 2.00. The molecule has 8 heteroatoms. The Morgan fingerprint density at radius 2 is 1.73 bits per heavy atom.